The Morgan fingerprint density at radius 1 is 1.07 bits per heavy atom. The minimum atomic E-state index is -0.0824. The summed E-state index contributed by atoms with van der Waals surface area (Å²) in [5.41, 5.74) is 6.04. The molecule has 1 saturated heterocycles. The quantitative estimate of drug-likeness (QED) is 0.575. The number of hydrogen-bond acceptors (Lipinski definition) is 4. The summed E-state index contributed by atoms with van der Waals surface area (Å²) in [6.45, 7) is 6.91. The predicted octanol–water partition coefficient (Wildman–Crippen LogP) is 3.17. The number of carbonyl (C=O) groups is 1. The van der Waals surface area contributed by atoms with Crippen LogP contribution in [0.4, 0.5) is 0 Å². The molecule has 148 valence electrons. The molecule has 5 nitrogen and oxygen atoms in total. The smallest absolute Gasteiger partial charge is 0.254 e. The zero-order valence-electron chi connectivity index (χ0n) is 16.3. The molecule has 0 radical (unpaired) electrons. The molecule has 0 saturated carbocycles. The van der Waals surface area contributed by atoms with Crippen LogP contribution in [0.1, 0.15) is 23.6 Å². The fourth-order valence-electron chi connectivity index (χ4n) is 3.23. The summed E-state index contributed by atoms with van der Waals surface area (Å²) >= 11 is 6.25. The number of benzene rings is 2. The van der Waals surface area contributed by atoms with Crippen molar-refractivity contribution in [1.29, 1.82) is 0 Å². The molecule has 1 heterocycles. The third-order valence-corrected chi connectivity index (χ3v) is 5.34. The molecule has 0 bridgehead atoms. The second kappa shape index (κ2) is 10.4. The van der Waals surface area contributed by atoms with E-state index in [9.17, 15) is 4.79 Å². The molecule has 2 aromatic rings. The number of nitrogens with zero attached hydrogens (tertiary/aromatic N) is 3. The average molecular weight is 399 g/mol. The topological polar surface area (TPSA) is 47.9 Å². The molecule has 1 fully saturated rings. The molecule has 0 aromatic heterocycles. The fraction of sp³-hybridized carbons (Fsp3) is 0.364. The van der Waals surface area contributed by atoms with Gasteiger partial charge in [-0.05, 0) is 29.2 Å². The summed E-state index contributed by atoms with van der Waals surface area (Å²) in [6, 6.07) is 16.1. The Kier molecular flexibility index (Phi) is 7.60. The molecule has 1 aliphatic heterocycles. The van der Waals surface area contributed by atoms with Crippen LogP contribution in [-0.2, 0) is 17.8 Å². The molecular formula is C22H27ClN4O. The van der Waals surface area contributed by atoms with Gasteiger partial charge in [0.1, 0.15) is 0 Å². The largest absolute Gasteiger partial charge is 0.296 e. The van der Waals surface area contributed by atoms with Gasteiger partial charge in [-0.2, -0.15) is 5.10 Å². The van der Waals surface area contributed by atoms with E-state index in [2.05, 4.69) is 45.4 Å². The highest BCUT2D eigenvalue weighted by molar-refractivity contribution is 6.31. The predicted molar refractivity (Wildman–Crippen MR) is 115 cm³/mol. The molecule has 0 atom stereocenters. The maximum absolute atomic E-state index is 12.1. The van der Waals surface area contributed by atoms with E-state index in [1.54, 1.807) is 6.21 Å². The van der Waals surface area contributed by atoms with E-state index in [4.69, 9.17) is 11.6 Å². The minimum Gasteiger partial charge on any atom is -0.296 e. The van der Waals surface area contributed by atoms with Crippen LogP contribution in [-0.4, -0.2) is 54.6 Å². The van der Waals surface area contributed by atoms with Gasteiger partial charge in [0.15, 0.2) is 0 Å². The summed E-state index contributed by atoms with van der Waals surface area (Å²) in [5, 5.41) is 4.88. The highest BCUT2D eigenvalue weighted by Crippen LogP contribution is 2.17. The van der Waals surface area contributed by atoms with Gasteiger partial charge in [0.2, 0.25) is 0 Å². The lowest BCUT2D eigenvalue weighted by Crippen LogP contribution is -2.48. The van der Waals surface area contributed by atoms with Crippen LogP contribution in [0.5, 0.6) is 0 Å². The Balaban J connectivity index is 1.38. The number of rotatable bonds is 7. The number of halogens is 1. The maximum atomic E-state index is 12.1. The van der Waals surface area contributed by atoms with Gasteiger partial charge in [0, 0.05) is 37.7 Å². The molecule has 0 spiro atoms. The number of amides is 1. The van der Waals surface area contributed by atoms with Crippen molar-refractivity contribution in [3.05, 3.63) is 70.2 Å². The lowest BCUT2D eigenvalue weighted by atomic mass is 10.1. The first-order chi connectivity index (χ1) is 13.6. The summed E-state index contributed by atoms with van der Waals surface area (Å²) < 4.78 is 0. The summed E-state index contributed by atoms with van der Waals surface area (Å²) in [5.74, 6) is -0.0824. The molecule has 2 aromatic carbocycles. The van der Waals surface area contributed by atoms with Gasteiger partial charge in [-0.1, -0.05) is 61.0 Å². The number of hydrazone groups is 1. The number of hydrogen-bond donors (Lipinski definition) is 1. The Morgan fingerprint density at radius 2 is 1.75 bits per heavy atom. The van der Waals surface area contributed by atoms with Crippen LogP contribution >= 0.6 is 11.6 Å². The summed E-state index contributed by atoms with van der Waals surface area (Å²) in [4.78, 5) is 16.6. The normalized spacial score (nSPS) is 15.8. The van der Waals surface area contributed by atoms with E-state index in [0.717, 1.165) is 55.3 Å². The summed E-state index contributed by atoms with van der Waals surface area (Å²) in [7, 11) is 0. The van der Waals surface area contributed by atoms with Gasteiger partial charge in [0.25, 0.3) is 5.91 Å². The summed E-state index contributed by atoms with van der Waals surface area (Å²) in [6.07, 6.45) is 2.69. The van der Waals surface area contributed by atoms with Crippen molar-refractivity contribution < 1.29 is 4.79 Å². The number of carbonyl (C=O) groups excluding carboxylic acids is 1. The van der Waals surface area contributed by atoms with E-state index >= 15 is 0 Å². The zero-order chi connectivity index (χ0) is 19.8. The zero-order valence-corrected chi connectivity index (χ0v) is 17.0. The van der Waals surface area contributed by atoms with Crippen LogP contribution in [0.2, 0.25) is 5.02 Å². The van der Waals surface area contributed by atoms with Crippen molar-refractivity contribution in [3.63, 3.8) is 0 Å². The highest BCUT2D eigenvalue weighted by atomic mass is 35.5. The van der Waals surface area contributed by atoms with Crippen LogP contribution in [0.3, 0.4) is 0 Å². The van der Waals surface area contributed by atoms with Crippen LogP contribution < -0.4 is 5.43 Å². The van der Waals surface area contributed by atoms with E-state index in [-0.39, 0.29) is 5.91 Å². The standard InChI is InChI=1S/C22H27ClN4O/c1-2-18-7-9-19(10-8-18)15-24-25-22(28)17-27-13-11-26(12-14-27)16-20-5-3-4-6-21(20)23/h3-10,15H,2,11-14,16-17H2,1H3,(H,25,28). The van der Waals surface area contributed by atoms with E-state index < -0.39 is 0 Å². The molecule has 0 aliphatic carbocycles. The maximum Gasteiger partial charge on any atom is 0.254 e. The van der Waals surface area contributed by atoms with Crippen molar-refractivity contribution >= 4 is 23.7 Å². The van der Waals surface area contributed by atoms with E-state index in [1.165, 1.54) is 5.56 Å². The molecule has 6 heteroatoms. The second-order valence-electron chi connectivity index (χ2n) is 7.03. The second-order valence-corrected chi connectivity index (χ2v) is 7.44. The monoisotopic (exact) mass is 398 g/mol. The first-order valence-electron chi connectivity index (χ1n) is 9.73. The van der Waals surface area contributed by atoms with E-state index in [0.29, 0.717) is 6.54 Å². The van der Waals surface area contributed by atoms with Crippen molar-refractivity contribution in [1.82, 2.24) is 15.2 Å². The third kappa shape index (κ3) is 6.16. The van der Waals surface area contributed by atoms with Crippen molar-refractivity contribution in [3.8, 4) is 0 Å². The van der Waals surface area contributed by atoms with Crippen LogP contribution in [0, 0.1) is 0 Å². The molecule has 3 rings (SSSR count). The van der Waals surface area contributed by atoms with Gasteiger partial charge in [-0.15, -0.1) is 0 Å². The van der Waals surface area contributed by atoms with Crippen molar-refractivity contribution in [2.24, 2.45) is 5.10 Å². The Hall–Kier alpha value is -2.21. The van der Waals surface area contributed by atoms with Crippen molar-refractivity contribution in [2.45, 2.75) is 19.9 Å². The van der Waals surface area contributed by atoms with E-state index in [1.807, 2.05) is 30.3 Å². The fourth-order valence-corrected chi connectivity index (χ4v) is 3.43. The Morgan fingerprint density at radius 3 is 2.43 bits per heavy atom. The molecule has 28 heavy (non-hydrogen) atoms. The Bertz CT molecular complexity index is 798. The number of piperazine rings is 1. The SMILES string of the molecule is CCc1ccc(C=NNC(=O)CN2CCN(Cc3ccccc3Cl)CC2)cc1. The number of aryl methyl sites for hydroxylation is 1. The number of nitrogens with one attached hydrogen (secondary N) is 1. The molecule has 1 amide bonds. The minimum absolute atomic E-state index is 0.0824. The highest BCUT2D eigenvalue weighted by Gasteiger charge is 2.19. The molecular weight excluding hydrogens is 372 g/mol. The van der Waals surface area contributed by atoms with Crippen LogP contribution in [0.25, 0.3) is 0 Å². The lowest BCUT2D eigenvalue weighted by Gasteiger charge is -2.34. The molecule has 1 N–H and O–H groups in total. The first-order valence-corrected chi connectivity index (χ1v) is 10.1. The average Bonchev–Trinajstić information content (AvgIpc) is 2.72. The van der Waals surface area contributed by atoms with Gasteiger partial charge in [-0.25, -0.2) is 5.43 Å². The van der Waals surface area contributed by atoms with Gasteiger partial charge < -0.3 is 0 Å². The third-order valence-electron chi connectivity index (χ3n) is 4.97. The molecule has 0 unspecified atom stereocenters. The van der Waals surface area contributed by atoms with Crippen molar-refractivity contribution in [2.75, 3.05) is 32.7 Å². The van der Waals surface area contributed by atoms with Gasteiger partial charge in [-0.3, -0.25) is 14.6 Å². The first kappa shape index (κ1) is 20.5. The van der Waals surface area contributed by atoms with Crippen LogP contribution in [0.15, 0.2) is 53.6 Å². The van der Waals surface area contributed by atoms with Gasteiger partial charge in [0.05, 0.1) is 12.8 Å². The molecule has 1 aliphatic rings. The lowest BCUT2D eigenvalue weighted by molar-refractivity contribution is -0.122. The Labute approximate surface area is 172 Å². The van der Waals surface area contributed by atoms with Gasteiger partial charge >= 0.3 is 0 Å².